The molecule has 6 heteroatoms. The van der Waals surface area contributed by atoms with E-state index in [1.165, 1.54) is 0 Å². The van der Waals surface area contributed by atoms with Gasteiger partial charge in [0.25, 0.3) is 0 Å². The van der Waals surface area contributed by atoms with Crippen molar-refractivity contribution in [1.82, 2.24) is 15.3 Å². The molecule has 21 heavy (non-hydrogen) atoms. The summed E-state index contributed by atoms with van der Waals surface area (Å²) < 4.78 is 0. The van der Waals surface area contributed by atoms with Crippen LogP contribution in [0.15, 0.2) is 0 Å². The molecule has 1 aromatic rings. The maximum absolute atomic E-state index is 11.7. The molecule has 0 unspecified atom stereocenters. The molecular weight excluding hydrogens is 266 g/mol. The van der Waals surface area contributed by atoms with E-state index in [9.17, 15) is 4.79 Å². The third-order valence-electron chi connectivity index (χ3n) is 3.99. The van der Waals surface area contributed by atoms with Crippen LogP contribution in [-0.2, 0) is 4.79 Å². The third kappa shape index (κ3) is 3.43. The fourth-order valence-electron chi connectivity index (χ4n) is 2.82. The molecule has 0 radical (unpaired) electrons. The maximum atomic E-state index is 11.7. The molecule has 116 valence electrons. The molecule has 0 atom stereocenters. The minimum atomic E-state index is 0.128. The lowest BCUT2D eigenvalue weighted by molar-refractivity contribution is -0.125. The average molecular weight is 291 g/mol. The highest BCUT2D eigenvalue weighted by atomic mass is 16.1. The molecule has 1 fully saturated rings. The summed E-state index contributed by atoms with van der Waals surface area (Å²) in [6, 6.07) is 0. The Balaban J connectivity index is 2.14. The number of nitrogens with zero attached hydrogens (tertiary/aromatic N) is 3. The molecule has 1 saturated heterocycles. The van der Waals surface area contributed by atoms with Gasteiger partial charge in [-0.15, -0.1) is 0 Å². The first kappa shape index (κ1) is 15.5. The average Bonchev–Trinajstić information content (AvgIpc) is 2.50. The van der Waals surface area contributed by atoms with Crippen LogP contribution < -0.4 is 15.5 Å². The van der Waals surface area contributed by atoms with Crippen molar-refractivity contribution in [1.29, 1.82) is 0 Å². The molecule has 1 amide bonds. The summed E-state index contributed by atoms with van der Waals surface area (Å²) >= 11 is 0. The van der Waals surface area contributed by atoms with Gasteiger partial charge in [-0.25, -0.2) is 9.97 Å². The first-order valence-electron chi connectivity index (χ1n) is 7.62. The summed E-state index contributed by atoms with van der Waals surface area (Å²) in [4.78, 5) is 23.0. The van der Waals surface area contributed by atoms with E-state index in [2.05, 4.69) is 39.3 Å². The number of amides is 1. The zero-order valence-electron chi connectivity index (χ0n) is 13.4. The normalized spacial score (nSPS) is 15.9. The predicted octanol–water partition coefficient (Wildman–Crippen LogP) is 1.49. The van der Waals surface area contributed by atoms with Crippen LogP contribution in [0.4, 0.5) is 11.6 Å². The lowest BCUT2D eigenvalue weighted by atomic mass is 9.96. The second-order valence-corrected chi connectivity index (χ2v) is 5.47. The van der Waals surface area contributed by atoms with Crippen LogP contribution in [0.2, 0.25) is 0 Å². The second-order valence-electron chi connectivity index (χ2n) is 5.47. The van der Waals surface area contributed by atoms with Crippen molar-refractivity contribution in [2.45, 2.75) is 33.6 Å². The SMILES string of the molecule is CCNc1nc(C)nc(N2CCC(C(=O)NC)CC2)c1C. The second kappa shape index (κ2) is 6.74. The number of nitrogens with one attached hydrogen (secondary N) is 2. The zero-order chi connectivity index (χ0) is 15.4. The highest BCUT2D eigenvalue weighted by molar-refractivity contribution is 5.78. The number of piperidine rings is 1. The molecule has 1 aromatic heterocycles. The molecule has 0 bridgehead atoms. The number of anilines is 2. The number of carbonyl (C=O) groups is 1. The van der Waals surface area contributed by atoms with Crippen molar-refractivity contribution in [3.8, 4) is 0 Å². The minimum Gasteiger partial charge on any atom is -0.370 e. The van der Waals surface area contributed by atoms with Crippen LogP contribution in [-0.4, -0.2) is 42.6 Å². The number of rotatable bonds is 4. The number of aryl methyl sites for hydroxylation is 1. The van der Waals surface area contributed by atoms with Gasteiger partial charge in [0.15, 0.2) is 0 Å². The standard InChI is InChI=1S/C15H25N5O/c1-5-17-13-10(2)14(19-11(3)18-13)20-8-6-12(7-9-20)15(21)16-4/h12H,5-9H2,1-4H3,(H,16,21)(H,17,18,19). The molecule has 2 N–H and O–H groups in total. The molecular formula is C15H25N5O. The quantitative estimate of drug-likeness (QED) is 0.879. The van der Waals surface area contributed by atoms with Gasteiger partial charge in [-0.2, -0.15) is 0 Å². The van der Waals surface area contributed by atoms with Crippen LogP contribution in [0.5, 0.6) is 0 Å². The lowest BCUT2D eigenvalue weighted by Gasteiger charge is -2.33. The Bertz CT molecular complexity index is 509. The van der Waals surface area contributed by atoms with Gasteiger partial charge in [-0.1, -0.05) is 0 Å². The van der Waals surface area contributed by atoms with E-state index in [-0.39, 0.29) is 11.8 Å². The van der Waals surface area contributed by atoms with E-state index in [0.717, 1.165) is 55.5 Å². The summed E-state index contributed by atoms with van der Waals surface area (Å²) in [5.74, 6) is 2.96. The maximum Gasteiger partial charge on any atom is 0.222 e. The summed E-state index contributed by atoms with van der Waals surface area (Å²) in [6.45, 7) is 8.60. The Hall–Kier alpha value is -1.85. The van der Waals surface area contributed by atoms with E-state index >= 15 is 0 Å². The van der Waals surface area contributed by atoms with Gasteiger partial charge in [-0.05, 0) is 33.6 Å². The summed E-state index contributed by atoms with van der Waals surface area (Å²) in [5.41, 5.74) is 1.08. The van der Waals surface area contributed by atoms with Crippen LogP contribution in [0.1, 0.15) is 31.2 Å². The Morgan fingerprint density at radius 2 is 1.95 bits per heavy atom. The van der Waals surface area contributed by atoms with Gasteiger partial charge >= 0.3 is 0 Å². The van der Waals surface area contributed by atoms with Crippen molar-refractivity contribution >= 4 is 17.5 Å². The summed E-state index contributed by atoms with van der Waals surface area (Å²) in [7, 11) is 1.70. The predicted molar refractivity (Wildman–Crippen MR) is 84.7 cm³/mol. The first-order valence-corrected chi connectivity index (χ1v) is 7.62. The molecule has 1 aliphatic rings. The van der Waals surface area contributed by atoms with Gasteiger partial charge in [0.2, 0.25) is 5.91 Å². The molecule has 0 aliphatic carbocycles. The van der Waals surface area contributed by atoms with Crippen molar-refractivity contribution in [2.75, 3.05) is 36.9 Å². The summed E-state index contributed by atoms with van der Waals surface area (Å²) in [5, 5.41) is 6.03. The van der Waals surface area contributed by atoms with Crippen molar-refractivity contribution in [3.05, 3.63) is 11.4 Å². The molecule has 2 heterocycles. The van der Waals surface area contributed by atoms with Crippen molar-refractivity contribution < 1.29 is 4.79 Å². The molecule has 0 saturated carbocycles. The largest absolute Gasteiger partial charge is 0.370 e. The van der Waals surface area contributed by atoms with Crippen LogP contribution in [0.25, 0.3) is 0 Å². The topological polar surface area (TPSA) is 70.2 Å². The van der Waals surface area contributed by atoms with Gasteiger partial charge in [0.05, 0.1) is 0 Å². The van der Waals surface area contributed by atoms with Gasteiger partial charge in [-0.3, -0.25) is 4.79 Å². The van der Waals surface area contributed by atoms with E-state index in [1.807, 2.05) is 6.92 Å². The van der Waals surface area contributed by atoms with Crippen molar-refractivity contribution in [2.24, 2.45) is 5.92 Å². The Kier molecular flexibility index (Phi) is 4.98. The van der Waals surface area contributed by atoms with Crippen LogP contribution in [0.3, 0.4) is 0 Å². The smallest absolute Gasteiger partial charge is 0.222 e. The van der Waals surface area contributed by atoms with E-state index in [0.29, 0.717) is 0 Å². The fraction of sp³-hybridized carbons (Fsp3) is 0.667. The van der Waals surface area contributed by atoms with Gasteiger partial charge < -0.3 is 15.5 Å². The molecule has 2 rings (SSSR count). The van der Waals surface area contributed by atoms with Crippen LogP contribution >= 0.6 is 0 Å². The Morgan fingerprint density at radius 3 is 2.52 bits per heavy atom. The Labute approximate surface area is 126 Å². The number of hydrogen-bond donors (Lipinski definition) is 2. The number of aromatic nitrogens is 2. The zero-order valence-corrected chi connectivity index (χ0v) is 13.4. The molecule has 1 aliphatic heterocycles. The molecule has 0 spiro atoms. The van der Waals surface area contributed by atoms with E-state index in [4.69, 9.17) is 0 Å². The van der Waals surface area contributed by atoms with E-state index < -0.39 is 0 Å². The van der Waals surface area contributed by atoms with Crippen LogP contribution in [0, 0.1) is 19.8 Å². The van der Waals surface area contributed by atoms with E-state index in [1.54, 1.807) is 7.05 Å². The highest BCUT2D eigenvalue weighted by Crippen LogP contribution is 2.27. The monoisotopic (exact) mass is 291 g/mol. The van der Waals surface area contributed by atoms with Gasteiger partial charge in [0.1, 0.15) is 17.5 Å². The first-order chi connectivity index (χ1) is 10.1. The van der Waals surface area contributed by atoms with Crippen molar-refractivity contribution in [3.63, 3.8) is 0 Å². The van der Waals surface area contributed by atoms with Gasteiger partial charge in [0, 0.05) is 38.2 Å². The number of hydrogen-bond acceptors (Lipinski definition) is 5. The summed E-state index contributed by atoms with van der Waals surface area (Å²) in [6.07, 6.45) is 1.75. The molecule has 0 aromatic carbocycles. The minimum absolute atomic E-state index is 0.128. The Morgan fingerprint density at radius 1 is 1.29 bits per heavy atom. The number of carbonyl (C=O) groups excluding carboxylic acids is 1. The lowest BCUT2D eigenvalue weighted by Crippen LogP contribution is -2.40. The highest BCUT2D eigenvalue weighted by Gasteiger charge is 2.26. The third-order valence-corrected chi connectivity index (χ3v) is 3.99. The molecule has 6 nitrogen and oxygen atoms in total. The fourth-order valence-corrected chi connectivity index (χ4v) is 2.82.